The third-order valence-corrected chi connectivity index (χ3v) is 5.70. The van der Waals surface area contributed by atoms with Crippen LogP contribution in [0.4, 0.5) is 4.39 Å². The van der Waals surface area contributed by atoms with E-state index in [1.807, 2.05) is 0 Å². The molecule has 2 aromatic rings. The average Bonchev–Trinajstić information content (AvgIpc) is 2.90. The van der Waals surface area contributed by atoms with Gasteiger partial charge in [-0.1, -0.05) is 24.1 Å². The van der Waals surface area contributed by atoms with E-state index in [0.29, 0.717) is 13.1 Å². The molecule has 1 aromatic heterocycles. The van der Waals surface area contributed by atoms with Gasteiger partial charge in [-0.2, -0.15) is 0 Å². The highest BCUT2D eigenvalue weighted by Gasteiger charge is 2.31. The third-order valence-electron chi connectivity index (χ3n) is 5.39. The molecular formula is C19H22ClFN4O. The molecule has 1 saturated heterocycles. The number of likely N-dealkylation sites (tertiary alicyclic amines) is 1. The van der Waals surface area contributed by atoms with E-state index in [0.717, 1.165) is 50.3 Å². The van der Waals surface area contributed by atoms with Crippen molar-refractivity contribution in [2.75, 3.05) is 13.1 Å². The number of carbonyl (C=O) groups is 1. The number of hydrogen-bond acceptors (Lipinski definition) is 3. The molecule has 7 heteroatoms. The second kappa shape index (κ2) is 7.35. The maximum Gasteiger partial charge on any atom is 0.258 e. The van der Waals surface area contributed by atoms with Crippen LogP contribution in [0.5, 0.6) is 0 Å². The molecule has 1 atom stereocenters. The first-order valence-corrected chi connectivity index (χ1v) is 9.68. The average molecular weight is 377 g/mol. The zero-order valence-electron chi connectivity index (χ0n) is 14.6. The molecule has 0 bridgehead atoms. The molecule has 0 unspecified atom stereocenters. The topological polar surface area (TPSA) is 51.0 Å². The summed E-state index contributed by atoms with van der Waals surface area (Å²) in [6, 6.07) is 4.34. The van der Waals surface area contributed by atoms with Crippen molar-refractivity contribution in [1.82, 2.24) is 19.7 Å². The molecule has 1 amide bonds. The Morgan fingerprint density at radius 1 is 1.15 bits per heavy atom. The predicted molar refractivity (Wildman–Crippen MR) is 96.9 cm³/mol. The highest BCUT2D eigenvalue weighted by molar-refractivity contribution is 6.33. The van der Waals surface area contributed by atoms with Crippen LogP contribution in [0.2, 0.25) is 5.02 Å². The molecule has 1 fully saturated rings. The summed E-state index contributed by atoms with van der Waals surface area (Å²) in [4.78, 5) is 14.6. The number of aromatic nitrogens is 3. The Bertz CT molecular complexity index is 802. The minimum Gasteiger partial charge on any atom is -0.338 e. The first-order chi connectivity index (χ1) is 12.6. The first kappa shape index (κ1) is 17.5. The SMILES string of the molecule is O=C(c1c(F)cccc1Cl)N1CCC[C@@H](c2nnc3n2CCCCC3)C1. The zero-order chi connectivity index (χ0) is 18.1. The van der Waals surface area contributed by atoms with E-state index in [1.165, 1.54) is 18.6 Å². The lowest BCUT2D eigenvalue weighted by Gasteiger charge is -2.32. The number of amides is 1. The van der Waals surface area contributed by atoms with Crippen molar-refractivity contribution in [2.45, 2.75) is 51.0 Å². The van der Waals surface area contributed by atoms with Gasteiger partial charge in [-0.25, -0.2) is 4.39 Å². The molecule has 2 aliphatic rings. The Balaban J connectivity index is 1.57. The van der Waals surface area contributed by atoms with E-state index >= 15 is 0 Å². The standard InChI is InChI=1S/C19H22ClFN4O/c20-14-7-4-8-15(21)17(14)19(26)24-10-5-6-13(12-24)18-23-22-16-9-2-1-3-11-25(16)18/h4,7-8,13H,1-3,5-6,9-12H2/t13-/m1/s1. The summed E-state index contributed by atoms with van der Waals surface area (Å²) in [7, 11) is 0. The molecule has 0 saturated carbocycles. The van der Waals surface area contributed by atoms with Crippen LogP contribution in [-0.2, 0) is 13.0 Å². The van der Waals surface area contributed by atoms with Crippen LogP contribution >= 0.6 is 11.6 Å². The summed E-state index contributed by atoms with van der Waals surface area (Å²) in [5.41, 5.74) is -0.0325. The molecular weight excluding hydrogens is 355 g/mol. The van der Waals surface area contributed by atoms with Crippen LogP contribution in [0, 0.1) is 5.82 Å². The number of rotatable bonds is 2. The fourth-order valence-corrected chi connectivity index (χ4v) is 4.29. The molecule has 5 nitrogen and oxygen atoms in total. The number of piperidine rings is 1. The van der Waals surface area contributed by atoms with Gasteiger partial charge < -0.3 is 9.47 Å². The van der Waals surface area contributed by atoms with E-state index in [1.54, 1.807) is 11.0 Å². The summed E-state index contributed by atoms with van der Waals surface area (Å²) in [6.45, 7) is 2.09. The van der Waals surface area contributed by atoms with Gasteiger partial charge in [-0.15, -0.1) is 10.2 Å². The van der Waals surface area contributed by atoms with Gasteiger partial charge in [0.1, 0.15) is 17.5 Å². The number of fused-ring (bicyclic) bond motifs is 1. The highest BCUT2D eigenvalue weighted by Crippen LogP contribution is 2.30. The molecule has 3 heterocycles. The minimum atomic E-state index is -0.569. The number of hydrogen-bond donors (Lipinski definition) is 0. The molecule has 0 radical (unpaired) electrons. The van der Waals surface area contributed by atoms with Gasteiger partial charge >= 0.3 is 0 Å². The molecule has 0 aliphatic carbocycles. The van der Waals surface area contributed by atoms with Gasteiger partial charge in [-0.3, -0.25) is 4.79 Å². The van der Waals surface area contributed by atoms with Crippen molar-refractivity contribution >= 4 is 17.5 Å². The van der Waals surface area contributed by atoms with Crippen molar-refractivity contribution < 1.29 is 9.18 Å². The van der Waals surface area contributed by atoms with Crippen LogP contribution in [0.3, 0.4) is 0 Å². The molecule has 0 spiro atoms. The van der Waals surface area contributed by atoms with Crippen LogP contribution in [0.25, 0.3) is 0 Å². The van der Waals surface area contributed by atoms with Gasteiger partial charge in [0.15, 0.2) is 0 Å². The zero-order valence-corrected chi connectivity index (χ0v) is 15.4. The smallest absolute Gasteiger partial charge is 0.258 e. The van der Waals surface area contributed by atoms with E-state index in [2.05, 4.69) is 14.8 Å². The van der Waals surface area contributed by atoms with E-state index in [9.17, 15) is 9.18 Å². The summed E-state index contributed by atoms with van der Waals surface area (Å²) in [5, 5.41) is 8.98. The molecule has 2 aliphatic heterocycles. The Kier molecular flexibility index (Phi) is 4.94. The van der Waals surface area contributed by atoms with Crippen LogP contribution in [0.15, 0.2) is 18.2 Å². The molecule has 0 N–H and O–H groups in total. The van der Waals surface area contributed by atoms with Crippen LogP contribution in [-0.4, -0.2) is 38.7 Å². The highest BCUT2D eigenvalue weighted by atomic mass is 35.5. The summed E-state index contributed by atoms with van der Waals surface area (Å²) >= 11 is 6.08. The lowest BCUT2D eigenvalue weighted by atomic mass is 9.96. The quantitative estimate of drug-likeness (QED) is 0.800. The van der Waals surface area contributed by atoms with E-state index in [-0.39, 0.29) is 22.4 Å². The maximum absolute atomic E-state index is 14.1. The van der Waals surface area contributed by atoms with Gasteiger partial charge in [0.05, 0.1) is 10.6 Å². The predicted octanol–water partition coefficient (Wildman–Crippen LogP) is 3.82. The third kappa shape index (κ3) is 3.22. The number of carbonyl (C=O) groups excluding carboxylic acids is 1. The summed E-state index contributed by atoms with van der Waals surface area (Å²) in [5.74, 6) is 1.25. The molecule has 26 heavy (non-hydrogen) atoms. The van der Waals surface area contributed by atoms with Crippen molar-refractivity contribution in [3.8, 4) is 0 Å². The number of aryl methyl sites for hydroxylation is 1. The second-order valence-corrected chi connectivity index (χ2v) is 7.53. The van der Waals surface area contributed by atoms with Crippen LogP contribution < -0.4 is 0 Å². The Morgan fingerprint density at radius 2 is 2.04 bits per heavy atom. The van der Waals surface area contributed by atoms with Gasteiger partial charge in [0.2, 0.25) is 0 Å². The fraction of sp³-hybridized carbons (Fsp3) is 0.526. The first-order valence-electron chi connectivity index (χ1n) is 9.30. The van der Waals surface area contributed by atoms with Gasteiger partial charge in [0, 0.05) is 32.0 Å². The Morgan fingerprint density at radius 3 is 2.88 bits per heavy atom. The van der Waals surface area contributed by atoms with Gasteiger partial charge in [-0.05, 0) is 37.8 Å². The van der Waals surface area contributed by atoms with Crippen molar-refractivity contribution in [1.29, 1.82) is 0 Å². The number of nitrogens with zero attached hydrogens (tertiary/aromatic N) is 4. The number of halogens is 2. The summed E-state index contributed by atoms with van der Waals surface area (Å²) < 4.78 is 16.4. The second-order valence-electron chi connectivity index (χ2n) is 7.12. The molecule has 4 rings (SSSR count). The van der Waals surface area contributed by atoms with Crippen LogP contribution in [0.1, 0.15) is 60.0 Å². The largest absolute Gasteiger partial charge is 0.338 e. The van der Waals surface area contributed by atoms with Gasteiger partial charge in [0.25, 0.3) is 5.91 Å². The summed E-state index contributed by atoms with van der Waals surface area (Å²) in [6.07, 6.45) is 6.30. The molecule has 138 valence electrons. The van der Waals surface area contributed by atoms with Crippen molar-refractivity contribution in [3.63, 3.8) is 0 Å². The Hall–Kier alpha value is -1.95. The minimum absolute atomic E-state index is 0.0325. The van der Waals surface area contributed by atoms with E-state index < -0.39 is 5.82 Å². The van der Waals surface area contributed by atoms with Crippen molar-refractivity contribution in [3.05, 3.63) is 46.3 Å². The Labute approximate surface area is 157 Å². The van der Waals surface area contributed by atoms with E-state index in [4.69, 9.17) is 11.6 Å². The number of benzene rings is 1. The lowest BCUT2D eigenvalue weighted by Crippen LogP contribution is -2.40. The normalized spacial score (nSPS) is 20.5. The molecule has 1 aromatic carbocycles. The fourth-order valence-electron chi connectivity index (χ4n) is 4.04. The van der Waals surface area contributed by atoms with Crippen molar-refractivity contribution in [2.24, 2.45) is 0 Å². The monoisotopic (exact) mass is 376 g/mol. The maximum atomic E-state index is 14.1. The lowest BCUT2D eigenvalue weighted by molar-refractivity contribution is 0.0698.